The minimum absolute atomic E-state index is 0.208. The number of anilines is 1. The summed E-state index contributed by atoms with van der Waals surface area (Å²) in [6.45, 7) is 3.32. The van der Waals surface area contributed by atoms with Gasteiger partial charge in [-0.15, -0.1) is 0 Å². The largest absolute Gasteiger partial charge is 0.368 e. The van der Waals surface area contributed by atoms with E-state index in [4.69, 9.17) is 11.5 Å². The molecule has 0 saturated heterocycles. The van der Waals surface area contributed by atoms with Gasteiger partial charge in [-0.05, 0) is 19.1 Å². The Morgan fingerprint density at radius 2 is 2.19 bits per heavy atom. The van der Waals surface area contributed by atoms with Crippen molar-refractivity contribution in [1.29, 1.82) is 0 Å². The van der Waals surface area contributed by atoms with E-state index in [0.717, 1.165) is 15.7 Å². The normalized spacial score (nSPS) is 10.2. The highest BCUT2D eigenvalue weighted by molar-refractivity contribution is 9.10. The van der Waals surface area contributed by atoms with Gasteiger partial charge in [-0.2, -0.15) is 0 Å². The molecule has 0 saturated carbocycles. The van der Waals surface area contributed by atoms with Crippen LogP contribution in [0.3, 0.4) is 0 Å². The summed E-state index contributed by atoms with van der Waals surface area (Å²) >= 11 is 3.45. The Morgan fingerprint density at radius 3 is 2.69 bits per heavy atom. The van der Waals surface area contributed by atoms with Crippen LogP contribution in [0.25, 0.3) is 0 Å². The average Bonchev–Trinajstić information content (AvgIpc) is 2.25. The van der Waals surface area contributed by atoms with Gasteiger partial charge >= 0.3 is 0 Å². The molecule has 4 nitrogen and oxygen atoms in total. The van der Waals surface area contributed by atoms with E-state index in [-0.39, 0.29) is 12.5 Å². The molecule has 0 unspecified atom stereocenters. The van der Waals surface area contributed by atoms with Crippen LogP contribution in [0.15, 0.2) is 22.7 Å². The van der Waals surface area contributed by atoms with Gasteiger partial charge in [0.15, 0.2) is 0 Å². The smallest absolute Gasteiger partial charge is 0.236 e. The fourth-order valence-electron chi connectivity index (χ4n) is 1.60. The van der Waals surface area contributed by atoms with Crippen molar-refractivity contribution in [3.8, 4) is 0 Å². The van der Waals surface area contributed by atoms with E-state index in [1.54, 1.807) is 0 Å². The van der Waals surface area contributed by atoms with Crippen LogP contribution in [0.5, 0.6) is 0 Å². The lowest BCUT2D eigenvalue weighted by molar-refractivity contribution is -0.116. The Kier molecular flexibility index (Phi) is 4.76. The summed E-state index contributed by atoms with van der Waals surface area (Å²) in [6, 6.07) is 5.80. The highest BCUT2D eigenvalue weighted by Gasteiger charge is 2.12. The number of carbonyl (C=O) groups is 1. The maximum Gasteiger partial charge on any atom is 0.236 e. The van der Waals surface area contributed by atoms with Gasteiger partial charge in [-0.25, -0.2) is 0 Å². The first kappa shape index (κ1) is 13.0. The molecule has 88 valence electrons. The topological polar surface area (TPSA) is 72.3 Å². The maximum absolute atomic E-state index is 11.0. The minimum Gasteiger partial charge on any atom is -0.368 e. The van der Waals surface area contributed by atoms with Crippen molar-refractivity contribution in [3.05, 3.63) is 28.2 Å². The Balaban J connectivity index is 3.08. The van der Waals surface area contributed by atoms with Gasteiger partial charge in [0, 0.05) is 28.8 Å². The zero-order valence-electron chi connectivity index (χ0n) is 9.24. The Bertz CT molecular complexity index is 381. The number of likely N-dealkylation sites (N-methyl/N-ethyl adjacent to an activating group) is 1. The van der Waals surface area contributed by atoms with E-state index < -0.39 is 0 Å². The Labute approximate surface area is 104 Å². The molecular weight excluding hydrogens is 270 g/mol. The molecule has 0 aromatic heterocycles. The summed E-state index contributed by atoms with van der Waals surface area (Å²) in [6.07, 6.45) is 0. The molecule has 0 aliphatic carbocycles. The van der Waals surface area contributed by atoms with Crippen LogP contribution in [0, 0.1) is 0 Å². The monoisotopic (exact) mass is 285 g/mol. The quantitative estimate of drug-likeness (QED) is 0.854. The van der Waals surface area contributed by atoms with Crippen molar-refractivity contribution in [2.24, 2.45) is 11.5 Å². The van der Waals surface area contributed by atoms with Gasteiger partial charge in [-0.3, -0.25) is 4.79 Å². The molecular formula is C11H16BrN3O. The second kappa shape index (κ2) is 5.86. The fourth-order valence-corrected chi connectivity index (χ4v) is 2.12. The van der Waals surface area contributed by atoms with Crippen molar-refractivity contribution in [3.63, 3.8) is 0 Å². The number of nitrogens with two attached hydrogens (primary N) is 2. The van der Waals surface area contributed by atoms with Crippen molar-refractivity contribution < 1.29 is 4.79 Å². The first-order valence-electron chi connectivity index (χ1n) is 5.10. The SMILES string of the molecule is CCN(CC(N)=O)c1cccc(Br)c1CN. The van der Waals surface area contributed by atoms with Gasteiger partial charge in [0.05, 0.1) is 6.54 Å². The zero-order chi connectivity index (χ0) is 12.1. The molecule has 1 amide bonds. The molecule has 0 bridgehead atoms. The van der Waals surface area contributed by atoms with E-state index in [1.165, 1.54) is 0 Å². The molecule has 1 rings (SSSR count). The number of halogens is 1. The van der Waals surface area contributed by atoms with Crippen molar-refractivity contribution in [1.82, 2.24) is 0 Å². The van der Waals surface area contributed by atoms with Crippen LogP contribution in [0.1, 0.15) is 12.5 Å². The third kappa shape index (κ3) is 2.96. The average molecular weight is 286 g/mol. The number of carbonyl (C=O) groups excluding carboxylic acids is 1. The van der Waals surface area contributed by atoms with Gasteiger partial charge in [0.1, 0.15) is 0 Å². The summed E-state index contributed by atoms with van der Waals surface area (Å²) in [5, 5.41) is 0. The number of rotatable bonds is 5. The third-order valence-electron chi connectivity index (χ3n) is 2.37. The highest BCUT2D eigenvalue weighted by atomic mass is 79.9. The summed E-state index contributed by atoms with van der Waals surface area (Å²) in [7, 11) is 0. The Hall–Kier alpha value is -1.07. The van der Waals surface area contributed by atoms with Crippen LogP contribution >= 0.6 is 15.9 Å². The van der Waals surface area contributed by atoms with Crippen molar-refractivity contribution in [2.75, 3.05) is 18.0 Å². The van der Waals surface area contributed by atoms with E-state index in [0.29, 0.717) is 13.1 Å². The van der Waals surface area contributed by atoms with Crippen molar-refractivity contribution >= 4 is 27.5 Å². The predicted octanol–water partition coefficient (Wildman–Crippen LogP) is 1.22. The van der Waals surface area contributed by atoms with E-state index in [9.17, 15) is 4.79 Å². The van der Waals surface area contributed by atoms with Crippen LogP contribution < -0.4 is 16.4 Å². The number of benzene rings is 1. The zero-order valence-corrected chi connectivity index (χ0v) is 10.8. The highest BCUT2D eigenvalue weighted by Crippen LogP contribution is 2.27. The number of nitrogens with zero attached hydrogens (tertiary/aromatic N) is 1. The van der Waals surface area contributed by atoms with Crippen LogP contribution in [-0.4, -0.2) is 19.0 Å². The molecule has 16 heavy (non-hydrogen) atoms. The standard InChI is InChI=1S/C11H16BrN3O/c1-2-15(7-11(14)16)10-5-3-4-9(12)8(10)6-13/h3-5H,2,6-7,13H2,1H3,(H2,14,16). The van der Waals surface area contributed by atoms with Crippen molar-refractivity contribution in [2.45, 2.75) is 13.5 Å². The van der Waals surface area contributed by atoms with Crippen LogP contribution in [0.4, 0.5) is 5.69 Å². The van der Waals surface area contributed by atoms with E-state index in [1.807, 2.05) is 30.0 Å². The Morgan fingerprint density at radius 1 is 1.50 bits per heavy atom. The minimum atomic E-state index is -0.343. The predicted molar refractivity (Wildman–Crippen MR) is 69.1 cm³/mol. The third-order valence-corrected chi connectivity index (χ3v) is 3.11. The molecule has 0 spiro atoms. The second-order valence-electron chi connectivity index (χ2n) is 3.42. The molecule has 0 radical (unpaired) electrons. The first-order valence-corrected chi connectivity index (χ1v) is 5.90. The molecule has 1 aromatic carbocycles. The molecule has 4 N–H and O–H groups in total. The lowest BCUT2D eigenvalue weighted by Crippen LogP contribution is -2.34. The molecule has 0 heterocycles. The summed E-state index contributed by atoms with van der Waals surface area (Å²) in [5.41, 5.74) is 12.9. The molecule has 0 atom stereocenters. The van der Waals surface area contributed by atoms with E-state index >= 15 is 0 Å². The molecule has 0 aliphatic rings. The number of hydrogen-bond acceptors (Lipinski definition) is 3. The van der Waals surface area contributed by atoms with Crippen LogP contribution in [-0.2, 0) is 11.3 Å². The molecule has 0 fully saturated rings. The van der Waals surface area contributed by atoms with Gasteiger partial charge in [-0.1, -0.05) is 22.0 Å². The lowest BCUT2D eigenvalue weighted by atomic mass is 10.1. The van der Waals surface area contributed by atoms with Gasteiger partial charge in [0.25, 0.3) is 0 Å². The molecule has 0 aliphatic heterocycles. The second-order valence-corrected chi connectivity index (χ2v) is 4.28. The van der Waals surface area contributed by atoms with E-state index in [2.05, 4.69) is 15.9 Å². The lowest BCUT2D eigenvalue weighted by Gasteiger charge is -2.24. The van der Waals surface area contributed by atoms with Gasteiger partial charge in [0.2, 0.25) is 5.91 Å². The summed E-state index contributed by atoms with van der Waals surface area (Å²) < 4.78 is 0.954. The fraction of sp³-hybridized carbons (Fsp3) is 0.364. The summed E-state index contributed by atoms with van der Waals surface area (Å²) in [4.78, 5) is 12.9. The number of hydrogen-bond donors (Lipinski definition) is 2. The summed E-state index contributed by atoms with van der Waals surface area (Å²) in [5.74, 6) is -0.343. The van der Waals surface area contributed by atoms with Crippen LogP contribution in [0.2, 0.25) is 0 Å². The van der Waals surface area contributed by atoms with Gasteiger partial charge < -0.3 is 16.4 Å². The maximum atomic E-state index is 11.0. The molecule has 5 heteroatoms. The number of primary amides is 1. The number of amides is 1. The molecule has 1 aromatic rings. The first-order chi connectivity index (χ1) is 7.60.